The van der Waals surface area contributed by atoms with Crippen LogP contribution in [-0.4, -0.2) is 18.0 Å². The Morgan fingerprint density at radius 2 is 2.00 bits per heavy atom. The third-order valence-corrected chi connectivity index (χ3v) is 2.68. The van der Waals surface area contributed by atoms with Gasteiger partial charge >= 0.3 is 0 Å². The topological polar surface area (TPSA) is 29.3 Å². The van der Waals surface area contributed by atoms with E-state index in [1.165, 1.54) is 17.5 Å². The van der Waals surface area contributed by atoms with E-state index in [-0.39, 0.29) is 0 Å². The molecule has 0 heterocycles. The first-order valence-electron chi connectivity index (χ1n) is 5.74. The molecule has 0 bridgehead atoms. The zero-order valence-electron chi connectivity index (χ0n) is 10.1. The minimum Gasteiger partial charge on any atom is -0.398 e. The average Bonchev–Trinajstić information content (AvgIpc) is 2.22. The number of hydrogen-bond acceptors (Lipinski definition) is 2. The number of anilines is 1. The first-order chi connectivity index (χ1) is 7.17. The standard InChI is InChI=1S/C13H22N2/c1-4-8-15(5-2)10-12-9-11(3)6-7-13(12)14/h6-7,9H,4-5,8,10,14H2,1-3H3. The molecule has 0 saturated carbocycles. The summed E-state index contributed by atoms with van der Waals surface area (Å²) in [5.41, 5.74) is 9.41. The van der Waals surface area contributed by atoms with Crippen LogP contribution in [0, 0.1) is 6.92 Å². The fourth-order valence-electron chi connectivity index (χ4n) is 1.78. The zero-order valence-corrected chi connectivity index (χ0v) is 10.1. The summed E-state index contributed by atoms with van der Waals surface area (Å²) in [4.78, 5) is 2.42. The van der Waals surface area contributed by atoms with E-state index < -0.39 is 0 Å². The van der Waals surface area contributed by atoms with Gasteiger partial charge in [0.25, 0.3) is 0 Å². The lowest BCUT2D eigenvalue weighted by atomic mass is 10.1. The lowest BCUT2D eigenvalue weighted by Crippen LogP contribution is -2.24. The van der Waals surface area contributed by atoms with Gasteiger partial charge in [0.15, 0.2) is 0 Å². The maximum Gasteiger partial charge on any atom is 0.0359 e. The molecule has 0 unspecified atom stereocenters. The number of hydrogen-bond donors (Lipinski definition) is 1. The van der Waals surface area contributed by atoms with Crippen LogP contribution in [0.4, 0.5) is 5.69 Å². The van der Waals surface area contributed by atoms with Crippen LogP contribution in [0.1, 0.15) is 31.4 Å². The maximum absolute atomic E-state index is 5.96. The van der Waals surface area contributed by atoms with E-state index in [1.54, 1.807) is 0 Å². The van der Waals surface area contributed by atoms with Crippen LogP contribution in [0.5, 0.6) is 0 Å². The Bertz CT molecular complexity index is 307. The molecule has 0 spiro atoms. The highest BCUT2D eigenvalue weighted by Crippen LogP contribution is 2.16. The number of rotatable bonds is 5. The van der Waals surface area contributed by atoms with Gasteiger partial charge in [-0.1, -0.05) is 31.5 Å². The molecule has 0 fully saturated rings. The Labute approximate surface area is 93.1 Å². The molecule has 1 rings (SSSR count). The molecular formula is C13H22N2. The van der Waals surface area contributed by atoms with E-state index in [2.05, 4.69) is 37.8 Å². The molecule has 84 valence electrons. The molecule has 1 aromatic rings. The van der Waals surface area contributed by atoms with Gasteiger partial charge in [0.2, 0.25) is 0 Å². The highest BCUT2D eigenvalue weighted by molar-refractivity contribution is 5.48. The fourth-order valence-corrected chi connectivity index (χ4v) is 1.78. The zero-order chi connectivity index (χ0) is 11.3. The average molecular weight is 206 g/mol. The molecule has 15 heavy (non-hydrogen) atoms. The van der Waals surface area contributed by atoms with Gasteiger partial charge in [-0.2, -0.15) is 0 Å². The Hall–Kier alpha value is -1.02. The lowest BCUT2D eigenvalue weighted by Gasteiger charge is -2.20. The number of benzene rings is 1. The predicted octanol–water partition coefficient (Wildman–Crippen LogP) is 2.81. The van der Waals surface area contributed by atoms with E-state index >= 15 is 0 Å². The molecule has 0 aromatic heterocycles. The number of aryl methyl sites for hydroxylation is 1. The molecule has 0 amide bonds. The highest BCUT2D eigenvalue weighted by Gasteiger charge is 2.05. The van der Waals surface area contributed by atoms with E-state index in [9.17, 15) is 0 Å². The van der Waals surface area contributed by atoms with Crippen LogP contribution in [0.2, 0.25) is 0 Å². The van der Waals surface area contributed by atoms with Gasteiger partial charge in [-0.05, 0) is 38.1 Å². The maximum atomic E-state index is 5.96. The monoisotopic (exact) mass is 206 g/mol. The van der Waals surface area contributed by atoms with Gasteiger partial charge in [0.1, 0.15) is 0 Å². The molecular weight excluding hydrogens is 184 g/mol. The summed E-state index contributed by atoms with van der Waals surface area (Å²) >= 11 is 0. The first kappa shape index (κ1) is 12.1. The van der Waals surface area contributed by atoms with Crippen LogP contribution in [0.3, 0.4) is 0 Å². The van der Waals surface area contributed by atoms with Gasteiger partial charge < -0.3 is 5.73 Å². The van der Waals surface area contributed by atoms with Gasteiger partial charge in [0, 0.05) is 12.2 Å². The Morgan fingerprint density at radius 3 is 2.60 bits per heavy atom. The Balaban J connectivity index is 2.73. The molecule has 0 atom stereocenters. The third-order valence-electron chi connectivity index (χ3n) is 2.68. The van der Waals surface area contributed by atoms with E-state index in [4.69, 9.17) is 5.73 Å². The van der Waals surface area contributed by atoms with Crippen LogP contribution in [0.25, 0.3) is 0 Å². The van der Waals surface area contributed by atoms with Gasteiger partial charge in [0.05, 0.1) is 0 Å². The van der Waals surface area contributed by atoms with Crippen molar-refractivity contribution in [2.24, 2.45) is 0 Å². The summed E-state index contributed by atoms with van der Waals surface area (Å²) in [6, 6.07) is 6.26. The van der Waals surface area contributed by atoms with Crippen molar-refractivity contribution in [3.63, 3.8) is 0 Å². The van der Waals surface area contributed by atoms with Gasteiger partial charge in [-0.25, -0.2) is 0 Å². The summed E-state index contributed by atoms with van der Waals surface area (Å²) in [5, 5.41) is 0. The SMILES string of the molecule is CCCN(CC)Cc1cc(C)ccc1N. The molecule has 0 aliphatic rings. The van der Waals surface area contributed by atoms with Crippen molar-refractivity contribution in [1.29, 1.82) is 0 Å². The van der Waals surface area contributed by atoms with Crippen LogP contribution in [0.15, 0.2) is 18.2 Å². The summed E-state index contributed by atoms with van der Waals surface area (Å²) in [6.45, 7) is 9.71. The Kier molecular flexibility index (Phi) is 4.63. The van der Waals surface area contributed by atoms with Crippen molar-refractivity contribution < 1.29 is 0 Å². The molecule has 0 aliphatic heterocycles. The largest absolute Gasteiger partial charge is 0.398 e. The van der Waals surface area contributed by atoms with Crippen molar-refractivity contribution in [2.45, 2.75) is 33.7 Å². The normalized spacial score (nSPS) is 10.9. The first-order valence-corrected chi connectivity index (χ1v) is 5.74. The number of nitrogens with zero attached hydrogens (tertiary/aromatic N) is 1. The second-order valence-corrected chi connectivity index (χ2v) is 4.07. The number of nitrogens with two attached hydrogens (primary N) is 1. The van der Waals surface area contributed by atoms with E-state index in [1.807, 2.05) is 6.07 Å². The van der Waals surface area contributed by atoms with Crippen LogP contribution in [-0.2, 0) is 6.54 Å². The Morgan fingerprint density at radius 1 is 1.27 bits per heavy atom. The van der Waals surface area contributed by atoms with E-state index in [0.29, 0.717) is 0 Å². The summed E-state index contributed by atoms with van der Waals surface area (Å²) in [6.07, 6.45) is 1.19. The van der Waals surface area contributed by atoms with E-state index in [0.717, 1.165) is 25.3 Å². The smallest absolute Gasteiger partial charge is 0.0359 e. The van der Waals surface area contributed by atoms with Crippen LogP contribution < -0.4 is 5.73 Å². The number of nitrogen functional groups attached to an aromatic ring is 1. The van der Waals surface area contributed by atoms with Crippen molar-refractivity contribution >= 4 is 5.69 Å². The molecule has 0 saturated heterocycles. The molecule has 2 N–H and O–H groups in total. The second-order valence-electron chi connectivity index (χ2n) is 4.07. The molecule has 0 radical (unpaired) electrons. The quantitative estimate of drug-likeness (QED) is 0.751. The van der Waals surface area contributed by atoms with Gasteiger partial charge in [-0.15, -0.1) is 0 Å². The van der Waals surface area contributed by atoms with Crippen molar-refractivity contribution in [2.75, 3.05) is 18.8 Å². The summed E-state index contributed by atoms with van der Waals surface area (Å²) in [7, 11) is 0. The fraction of sp³-hybridized carbons (Fsp3) is 0.538. The predicted molar refractivity (Wildman–Crippen MR) is 66.8 cm³/mol. The van der Waals surface area contributed by atoms with Crippen molar-refractivity contribution in [3.05, 3.63) is 29.3 Å². The lowest BCUT2D eigenvalue weighted by molar-refractivity contribution is 0.281. The molecule has 2 nitrogen and oxygen atoms in total. The van der Waals surface area contributed by atoms with Crippen LogP contribution >= 0.6 is 0 Å². The van der Waals surface area contributed by atoms with Crippen molar-refractivity contribution in [1.82, 2.24) is 4.90 Å². The third kappa shape index (κ3) is 3.56. The highest BCUT2D eigenvalue weighted by atomic mass is 15.1. The molecule has 1 aromatic carbocycles. The second kappa shape index (κ2) is 5.76. The minimum absolute atomic E-state index is 0.912. The molecule has 0 aliphatic carbocycles. The van der Waals surface area contributed by atoms with Crippen molar-refractivity contribution in [3.8, 4) is 0 Å². The molecule has 2 heteroatoms. The minimum atomic E-state index is 0.912. The summed E-state index contributed by atoms with van der Waals surface area (Å²) < 4.78 is 0. The van der Waals surface area contributed by atoms with Gasteiger partial charge in [-0.3, -0.25) is 4.90 Å². The summed E-state index contributed by atoms with van der Waals surface area (Å²) in [5.74, 6) is 0.